The molecule has 2 amide bonds. The van der Waals surface area contributed by atoms with Gasteiger partial charge in [-0.05, 0) is 12.8 Å². The molecule has 1 aliphatic heterocycles. The summed E-state index contributed by atoms with van der Waals surface area (Å²) in [5.74, 6) is 0.370. The van der Waals surface area contributed by atoms with Gasteiger partial charge in [-0.3, -0.25) is 4.79 Å². The van der Waals surface area contributed by atoms with Crippen molar-refractivity contribution in [3.8, 4) is 0 Å². The van der Waals surface area contributed by atoms with Gasteiger partial charge < -0.3 is 20.3 Å². The zero-order chi connectivity index (χ0) is 14.4. The van der Waals surface area contributed by atoms with Crippen LogP contribution in [0.5, 0.6) is 0 Å². The van der Waals surface area contributed by atoms with Gasteiger partial charge in [0.25, 0.3) is 0 Å². The van der Waals surface area contributed by atoms with Crippen molar-refractivity contribution in [1.82, 2.24) is 9.80 Å². The fraction of sp³-hybridized carbons (Fsp3) is 0.846. The van der Waals surface area contributed by atoms with E-state index in [2.05, 4.69) is 0 Å². The molecule has 1 fully saturated rings. The zero-order valence-corrected chi connectivity index (χ0v) is 12.1. The highest BCUT2D eigenvalue weighted by Crippen LogP contribution is 2.09. The predicted molar refractivity (Wildman–Crippen MR) is 72.6 cm³/mol. The first-order valence-corrected chi connectivity index (χ1v) is 6.90. The lowest BCUT2D eigenvalue weighted by Gasteiger charge is -2.34. The van der Waals surface area contributed by atoms with Gasteiger partial charge in [-0.15, -0.1) is 0 Å². The molecule has 0 radical (unpaired) electrons. The van der Waals surface area contributed by atoms with E-state index >= 15 is 0 Å². The Kier molecular flexibility index (Phi) is 6.08. The summed E-state index contributed by atoms with van der Waals surface area (Å²) in [5, 5.41) is 0. The number of rotatable bonds is 4. The number of hydrogen-bond donors (Lipinski definition) is 1. The third kappa shape index (κ3) is 4.70. The van der Waals surface area contributed by atoms with Crippen LogP contribution >= 0.6 is 0 Å². The highest BCUT2D eigenvalue weighted by Gasteiger charge is 2.25. The number of amides is 2. The Hall–Kier alpha value is -1.30. The summed E-state index contributed by atoms with van der Waals surface area (Å²) in [4.78, 5) is 27.0. The van der Waals surface area contributed by atoms with E-state index in [1.807, 2.05) is 13.8 Å². The van der Waals surface area contributed by atoms with Crippen molar-refractivity contribution >= 4 is 12.0 Å². The minimum Gasteiger partial charge on any atom is -0.450 e. The fourth-order valence-corrected chi connectivity index (χ4v) is 1.92. The molecule has 1 heterocycles. The van der Waals surface area contributed by atoms with Crippen LogP contribution < -0.4 is 5.73 Å². The maximum atomic E-state index is 12.0. The molecule has 1 aliphatic rings. The van der Waals surface area contributed by atoms with Gasteiger partial charge in [0.15, 0.2) is 0 Å². The molecule has 6 nitrogen and oxygen atoms in total. The van der Waals surface area contributed by atoms with Crippen LogP contribution in [0.4, 0.5) is 4.79 Å². The normalized spacial score (nSPS) is 17.5. The topological polar surface area (TPSA) is 75.9 Å². The molecular weight excluding hydrogens is 246 g/mol. The van der Waals surface area contributed by atoms with Gasteiger partial charge in [0.1, 0.15) is 0 Å². The molecule has 0 saturated carbocycles. The molecule has 19 heavy (non-hydrogen) atoms. The SMILES string of the molecule is CCOC(=O)N1CCN(C(=O)CC(N)C(C)C)CC1. The Morgan fingerprint density at radius 3 is 2.16 bits per heavy atom. The molecular formula is C13H25N3O3. The second-order valence-electron chi connectivity index (χ2n) is 5.18. The van der Waals surface area contributed by atoms with Crippen LogP contribution in [0, 0.1) is 5.92 Å². The summed E-state index contributed by atoms with van der Waals surface area (Å²) in [6.07, 6.45) is 0.0744. The van der Waals surface area contributed by atoms with Crippen molar-refractivity contribution in [1.29, 1.82) is 0 Å². The van der Waals surface area contributed by atoms with Crippen molar-refractivity contribution in [3.63, 3.8) is 0 Å². The van der Waals surface area contributed by atoms with E-state index in [1.165, 1.54) is 0 Å². The molecule has 110 valence electrons. The van der Waals surface area contributed by atoms with Crippen LogP contribution in [0.15, 0.2) is 0 Å². The number of hydrogen-bond acceptors (Lipinski definition) is 4. The number of ether oxygens (including phenoxy) is 1. The van der Waals surface area contributed by atoms with Gasteiger partial charge >= 0.3 is 6.09 Å². The number of carbonyl (C=O) groups excluding carboxylic acids is 2. The van der Waals surface area contributed by atoms with Gasteiger partial charge in [-0.25, -0.2) is 4.79 Å². The lowest BCUT2D eigenvalue weighted by molar-refractivity contribution is -0.133. The molecule has 1 atom stereocenters. The van der Waals surface area contributed by atoms with Gasteiger partial charge in [0, 0.05) is 38.6 Å². The third-order valence-corrected chi connectivity index (χ3v) is 3.43. The first-order valence-electron chi connectivity index (χ1n) is 6.90. The van der Waals surface area contributed by atoms with E-state index in [0.29, 0.717) is 45.1 Å². The molecule has 0 aromatic carbocycles. The summed E-state index contributed by atoms with van der Waals surface area (Å²) in [6.45, 7) is 8.35. The molecule has 0 bridgehead atoms. The van der Waals surface area contributed by atoms with Crippen molar-refractivity contribution in [2.75, 3.05) is 32.8 Å². The first kappa shape index (κ1) is 15.8. The van der Waals surface area contributed by atoms with Crippen molar-refractivity contribution in [3.05, 3.63) is 0 Å². The highest BCUT2D eigenvalue weighted by atomic mass is 16.6. The summed E-state index contributed by atoms with van der Waals surface area (Å²) in [6, 6.07) is -0.101. The molecule has 0 aromatic heterocycles. The van der Waals surface area contributed by atoms with E-state index in [9.17, 15) is 9.59 Å². The Bertz CT molecular complexity index is 312. The van der Waals surface area contributed by atoms with Crippen molar-refractivity contribution in [2.24, 2.45) is 11.7 Å². The van der Waals surface area contributed by atoms with Gasteiger partial charge in [0.2, 0.25) is 5.91 Å². The van der Waals surface area contributed by atoms with Crippen LogP contribution in [0.2, 0.25) is 0 Å². The Labute approximate surface area is 114 Å². The quantitative estimate of drug-likeness (QED) is 0.815. The Morgan fingerprint density at radius 1 is 1.16 bits per heavy atom. The van der Waals surface area contributed by atoms with Crippen LogP contribution in [0.25, 0.3) is 0 Å². The minimum absolute atomic E-state index is 0.0738. The van der Waals surface area contributed by atoms with E-state index in [1.54, 1.807) is 16.7 Å². The van der Waals surface area contributed by atoms with Gasteiger partial charge in [-0.2, -0.15) is 0 Å². The number of nitrogens with zero attached hydrogens (tertiary/aromatic N) is 2. The monoisotopic (exact) mass is 271 g/mol. The van der Waals surface area contributed by atoms with Gasteiger partial charge in [0.05, 0.1) is 6.61 Å². The van der Waals surface area contributed by atoms with Crippen LogP contribution in [0.1, 0.15) is 27.2 Å². The first-order chi connectivity index (χ1) is 8.95. The molecule has 0 spiro atoms. The predicted octanol–water partition coefficient (Wildman–Crippen LogP) is 0.661. The number of nitrogens with two attached hydrogens (primary N) is 1. The lowest BCUT2D eigenvalue weighted by Crippen LogP contribution is -2.51. The maximum Gasteiger partial charge on any atom is 0.409 e. The van der Waals surface area contributed by atoms with Crippen LogP contribution in [0.3, 0.4) is 0 Å². The maximum absolute atomic E-state index is 12.0. The summed E-state index contributed by atoms with van der Waals surface area (Å²) in [7, 11) is 0. The van der Waals surface area contributed by atoms with E-state index < -0.39 is 0 Å². The summed E-state index contributed by atoms with van der Waals surface area (Å²) in [5.41, 5.74) is 5.91. The average molecular weight is 271 g/mol. The van der Waals surface area contributed by atoms with Gasteiger partial charge in [-0.1, -0.05) is 13.8 Å². The molecule has 2 N–H and O–H groups in total. The lowest BCUT2D eigenvalue weighted by atomic mass is 10.0. The standard InChI is InChI=1S/C13H25N3O3/c1-4-19-13(18)16-7-5-15(6-8-16)12(17)9-11(14)10(2)3/h10-11H,4-9,14H2,1-3H3. The number of piperazine rings is 1. The summed E-state index contributed by atoms with van der Waals surface area (Å²) < 4.78 is 4.94. The van der Waals surface area contributed by atoms with E-state index in [4.69, 9.17) is 10.5 Å². The summed E-state index contributed by atoms with van der Waals surface area (Å²) >= 11 is 0. The molecule has 1 saturated heterocycles. The smallest absolute Gasteiger partial charge is 0.409 e. The molecule has 1 rings (SSSR count). The fourth-order valence-electron chi connectivity index (χ4n) is 1.92. The van der Waals surface area contributed by atoms with Crippen LogP contribution in [-0.4, -0.2) is 60.6 Å². The Balaban J connectivity index is 2.37. The minimum atomic E-state index is -0.298. The third-order valence-electron chi connectivity index (χ3n) is 3.43. The number of carbonyl (C=O) groups is 2. The highest BCUT2D eigenvalue weighted by molar-refractivity contribution is 5.77. The zero-order valence-electron chi connectivity index (χ0n) is 12.1. The molecule has 0 aromatic rings. The van der Waals surface area contributed by atoms with E-state index in [0.717, 1.165) is 0 Å². The van der Waals surface area contributed by atoms with Crippen molar-refractivity contribution < 1.29 is 14.3 Å². The second kappa shape index (κ2) is 7.33. The molecule has 6 heteroatoms. The molecule has 1 unspecified atom stereocenters. The average Bonchev–Trinajstić information content (AvgIpc) is 2.39. The second-order valence-corrected chi connectivity index (χ2v) is 5.18. The Morgan fingerprint density at radius 2 is 1.68 bits per heavy atom. The molecule has 0 aliphatic carbocycles. The van der Waals surface area contributed by atoms with Crippen LogP contribution in [-0.2, 0) is 9.53 Å². The van der Waals surface area contributed by atoms with E-state index in [-0.39, 0.29) is 18.0 Å². The van der Waals surface area contributed by atoms with Crippen molar-refractivity contribution in [2.45, 2.75) is 33.2 Å². The largest absolute Gasteiger partial charge is 0.450 e.